The van der Waals surface area contributed by atoms with E-state index in [1.807, 2.05) is 86.2 Å². The van der Waals surface area contributed by atoms with Gasteiger partial charge in [0, 0.05) is 24.2 Å². The van der Waals surface area contributed by atoms with Gasteiger partial charge in [0.2, 0.25) is 18.2 Å². The third-order valence-electron chi connectivity index (χ3n) is 11.1. The van der Waals surface area contributed by atoms with Crippen LogP contribution in [-0.4, -0.2) is 93.4 Å². The van der Waals surface area contributed by atoms with Gasteiger partial charge in [-0.05, 0) is 73.4 Å². The summed E-state index contributed by atoms with van der Waals surface area (Å²) < 4.78 is 4.80. The lowest BCUT2D eigenvalue weighted by atomic mass is 9.97. The van der Waals surface area contributed by atoms with E-state index >= 15 is 0 Å². The van der Waals surface area contributed by atoms with Crippen LogP contribution in [0, 0.1) is 23.7 Å². The van der Waals surface area contributed by atoms with Crippen molar-refractivity contribution in [3.8, 4) is 23.1 Å². The van der Waals surface area contributed by atoms with Gasteiger partial charge in [-0.3, -0.25) is 9.59 Å². The van der Waals surface area contributed by atoms with Gasteiger partial charge in [0.1, 0.15) is 23.7 Å². The zero-order chi connectivity index (χ0) is 39.8. The minimum absolute atomic E-state index is 0.0368. The van der Waals surface area contributed by atoms with Gasteiger partial charge in [-0.1, -0.05) is 64.5 Å². The highest BCUT2D eigenvalue weighted by Crippen LogP contribution is 2.35. The number of imidazole rings is 2. The van der Waals surface area contributed by atoms with Crippen molar-refractivity contribution in [2.75, 3.05) is 27.3 Å². The number of amides is 3. The van der Waals surface area contributed by atoms with Crippen molar-refractivity contribution < 1.29 is 28.9 Å². The Morgan fingerprint density at radius 3 is 2.25 bits per heavy atom. The van der Waals surface area contributed by atoms with Crippen molar-refractivity contribution in [1.29, 1.82) is 0 Å². The molecule has 0 spiro atoms. The molecule has 3 N–H and O–H groups in total. The summed E-state index contributed by atoms with van der Waals surface area (Å²) in [6.45, 7) is 9.24. The zero-order valence-electron chi connectivity index (χ0n) is 33.0. The predicted octanol–water partition coefficient (Wildman–Crippen LogP) is 6.47. The van der Waals surface area contributed by atoms with Crippen LogP contribution >= 0.6 is 0 Å². The van der Waals surface area contributed by atoms with Crippen LogP contribution in [0.5, 0.6) is 0 Å². The Balaban J connectivity index is 1.12. The summed E-state index contributed by atoms with van der Waals surface area (Å²) in [5.74, 6) is 7.83. The van der Waals surface area contributed by atoms with Gasteiger partial charge in [-0.2, -0.15) is 4.89 Å². The number of benzene rings is 2. The molecular formula is C42H52N8O6. The number of methoxy groups -OCH3 is 1. The van der Waals surface area contributed by atoms with Crippen LogP contribution in [0.2, 0.25) is 0 Å². The molecule has 2 fully saturated rings. The SMILES string of the molecule is CC[C@H](C)[C@H](/N=C\OOC)C(=O)N1CCC[C@H]1c1ncc(-c2ccc(C#Cc3ccc4nc([C@@H]5CCCN5C(=O)[C@@H](NC(=O)OC)[C@@H](C)CC)[nH]c4c3)cc2)[nH]1. The summed E-state index contributed by atoms with van der Waals surface area (Å²) in [6.07, 6.45) is 7.25. The van der Waals surface area contributed by atoms with Gasteiger partial charge in [0.15, 0.2) is 0 Å². The molecule has 14 nitrogen and oxygen atoms in total. The van der Waals surface area contributed by atoms with E-state index in [1.54, 1.807) is 0 Å². The number of hydrogen-bond donors (Lipinski definition) is 3. The molecule has 2 aliphatic heterocycles. The maximum absolute atomic E-state index is 13.7. The summed E-state index contributed by atoms with van der Waals surface area (Å²) >= 11 is 0. The number of aromatic amines is 2. The Kier molecular flexibility index (Phi) is 13.1. The van der Waals surface area contributed by atoms with Crippen LogP contribution in [0.25, 0.3) is 22.3 Å². The smallest absolute Gasteiger partial charge is 0.407 e. The Morgan fingerprint density at radius 1 is 0.911 bits per heavy atom. The fourth-order valence-corrected chi connectivity index (χ4v) is 7.45. The first-order valence-corrected chi connectivity index (χ1v) is 19.5. The Labute approximate surface area is 327 Å². The lowest BCUT2D eigenvalue weighted by molar-refractivity contribution is -0.188. The minimum atomic E-state index is -0.679. The maximum atomic E-state index is 13.7. The number of ether oxygens (including phenoxy) is 1. The second-order valence-electron chi connectivity index (χ2n) is 14.6. The molecule has 4 aromatic rings. The normalized spacial score (nSPS) is 19.0. The second kappa shape index (κ2) is 18.3. The quantitative estimate of drug-likeness (QED) is 0.0458. The van der Waals surface area contributed by atoms with E-state index in [-0.39, 0.29) is 35.7 Å². The molecule has 56 heavy (non-hydrogen) atoms. The standard InChI is InChI=1S/C42H52N8O6/c1-7-26(3)36(44-25-56-55-6)40(51)49-21-9-11-34(49)38-43-24-33(47-38)30-18-15-28(16-19-30)13-14-29-17-20-31-32(23-29)46-39(45-31)35-12-10-22-50(35)41(52)37(27(4)8-2)48-42(53)54-5/h15-20,23-27,34-37H,7-12,21-22H2,1-6H3,(H,43,47)(H,45,46)(H,48,53)/b44-25-/t26-,27-,34-,35-,36-,37-/m0/s1. The van der Waals surface area contributed by atoms with E-state index in [0.29, 0.717) is 13.1 Å². The van der Waals surface area contributed by atoms with Gasteiger partial charge in [-0.25, -0.2) is 19.8 Å². The molecule has 296 valence electrons. The highest BCUT2D eigenvalue weighted by Gasteiger charge is 2.39. The topological polar surface area (TPSA) is 167 Å². The van der Waals surface area contributed by atoms with Crippen molar-refractivity contribution in [1.82, 2.24) is 35.1 Å². The third kappa shape index (κ3) is 8.89. The number of aromatic nitrogens is 4. The molecule has 3 amide bonds. The Bertz CT molecular complexity index is 2080. The Hall–Kier alpha value is -5.68. The summed E-state index contributed by atoms with van der Waals surface area (Å²) in [6, 6.07) is 12.2. The van der Waals surface area contributed by atoms with Crippen LogP contribution in [0.15, 0.2) is 53.7 Å². The summed E-state index contributed by atoms with van der Waals surface area (Å²) in [5.41, 5.74) is 5.15. The molecule has 0 saturated carbocycles. The molecule has 0 radical (unpaired) electrons. The molecular weight excluding hydrogens is 713 g/mol. The van der Waals surface area contributed by atoms with E-state index in [4.69, 9.17) is 19.6 Å². The second-order valence-corrected chi connectivity index (χ2v) is 14.6. The van der Waals surface area contributed by atoms with Crippen molar-refractivity contribution in [2.24, 2.45) is 16.8 Å². The van der Waals surface area contributed by atoms with Crippen molar-refractivity contribution in [2.45, 2.75) is 90.4 Å². The van der Waals surface area contributed by atoms with Gasteiger partial charge >= 0.3 is 6.09 Å². The minimum Gasteiger partial charge on any atom is -0.453 e. The molecule has 6 atom stereocenters. The first-order valence-electron chi connectivity index (χ1n) is 19.5. The molecule has 2 aliphatic rings. The van der Waals surface area contributed by atoms with Crippen molar-refractivity contribution in [3.05, 3.63) is 71.4 Å². The number of H-pyrrole nitrogens is 2. The van der Waals surface area contributed by atoms with Gasteiger partial charge in [0.25, 0.3) is 0 Å². The fourth-order valence-electron chi connectivity index (χ4n) is 7.45. The monoisotopic (exact) mass is 764 g/mol. The number of rotatable bonds is 13. The largest absolute Gasteiger partial charge is 0.453 e. The number of likely N-dealkylation sites (tertiary alicyclic amines) is 2. The van der Waals surface area contributed by atoms with E-state index in [2.05, 4.69) is 37.0 Å². The van der Waals surface area contributed by atoms with E-state index < -0.39 is 18.2 Å². The highest BCUT2D eigenvalue weighted by molar-refractivity contribution is 5.87. The number of carbonyl (C=O) groups is 3. The van der Waals surface area contributed by atoms with Crippen LogP contribution in [0.4, 0.5) is 4.79 Å². The van der Waals surface area contributed by atoms with Crippen molar-refractivity contribution in [3.63, 3.8) is 0 Å². The lowest BCUT2D eigenvalue weighted by Gasteiger charge is -2.30. The van der Waals surface area contributed by atoms with E-state index in [1.165, 1.54) is 20.6 Å². The number of aliphatic imine (C=N–C) groups is 1. The molecule has 2 saturated heterocycles. The predicted molar refractivity (Wildman–Crippen MR) is 212 cm³/mol. The van der Waals surface area contributed by atoms with Crippen LogP contribution in [-0.2, 0) is 24.1 Å². The van der Waals surface area contributed by atoms with Gasteiger partial charge in [-0.15, -0.1) is 0 Å². The van der Waals surface area contributed by atoms with E-state index in [0.717, 1.165) is 83.6 Å². The summed E-state index contributed by atoms with van der Waals surface area (Å²) in [7, 11) is 2.70. The Morgan fingerprint density at radius 2 is 1.57 bits per heavy atom. The fraction of sp³-hybridized carbons (Fsp3) is 0.476. The molecule has 2 aromatic heterocycles. The number of hydrogen-bond acceptors (Lipinski definition) is 9. The molecule has 14 heteroatoms. The average Bonchev–Trinajstić information content (AvgIpc) is 4.06. The average molecular weight is 765 g/mol. The number of fused-ring (bicyclic) bond motifs is 1. The number of nitrogens with zero attached hydrogens (tertiary/aromatic N) is 5. The molecule has 6 rings (SSSR count). The summed E-state index contributed by atoms with van der Waals surface area (Å²) in [4.78, 5) is 73.4. The first-order chi connectivity index (χ1) is 27.1. The van der Waals surface area contributed by atoms with Gasteiger partial charge < -0.3 is 34.7 Å². The van der Waals surface area contributed by atoms with E-state index in [9.17, 15) is 14.4 Å². The number of nitrogens with one attached hydrogen (secondary N) is 3. The highest BCUT2D eigenvalue weighted by atomic mass is 17.2. The summed E-state index contributed by atoms with van der Waals surface area (Å²) in [5, 5.41) is 2.74. The van der Waals surface area contributed by atoms with Crippen molar-refractivity contribution >= 4 is 35.3 Å². The van der Waals surface area contributed by atoms with Crippen LogP contribution < -0.4 is 5.32 Å². The van der Waals surface area contributed by atoms with Crippen LogP contribution in [0.1, 0.15) is 101 Å². The first kappa shape index (κ1) is 40.0. The molecule has 0 bridgehead atoms. The lowest BCUT2D eigenvalue weighted by Crippen LogP contribution is -2.51. The molecule has 0 unspecified atom stereocenters. The molecule has 4 heterocycles. The van der Waals surface area contributed by atoms with Crippen LogP contribution in [0.3, 0.4) is 0 Å². The molecule has 0 aliphatic carbocycles. The maximum Gasteiger partial charge on any atom is 0.407 e. The zero-order valence-corrected chi connectivity index (χ0v) is 33.0. The number of carbonyl (C=O) groups excluding carboxylic acids is 3. The number of alkyl carbamates (subject to hydrolysis) is 1. The molecule has 2 aromatic carbocycles. The third-order valence-corrected chi connectivity index (χ3v) is 11.1. The van der Waals surface area contributed by atoms with Gasteiger partial charge in [0.05, 0.1) is 49.2 Å².